The molecule has 3 aromatic rings. The highest BCUT2D eigenvalue weighted by molar-refractivity contribution is 6.33. The molecule has 0 radical (unpaired) electrons. The number of aromatic nitrogens is 2. The Balaban J connectivity index is 1.28. The molecule has 4 rings (SSSR count). The smallest absolute Gasteiger partial charge is 0.315 e. The van der Waals surface area contributed by atoms with Crippen LogP contribution >= 0.6 is 11.6 Å². The Hall–Kier alpha value is -3.01. The Morgan fingerprint density at radius 3 is 2.73 bits per heavy atom. The van der Waals surface area contributed by atoms with Gasteiger partial charge in [0.2, 0.25) is 0 Å². The first-order chi connectivity index (χ1) is 16.1. The van der Waals surface area contributed by atoms with Crippen LogP contribution in [0.5, 0.6) is 0 Å². The molecule has 0 unspecified atom stereocenters. The summed E-state index contributed by atoms with van der Waals surface area (Å²) in [5.41, 5.74) is 0.916. The highest BCUT2D eigenvalue weighted by Crippen LogP contribution is 2.30. The number of amides is 1. The molecule has 0 spiro atoms. The highest BCUT2D eigenvalue weighted by atomic mass is 35.5. The zero-order valence-electron chi connectivity index (χ0n) is 18.0. The molecule has 33 heavy (non-hydrogen) atoms. The van der Waals surface area contributed by atoms with Crippen molar-refractivity contribution in [2.45, 2.75) is 12.8 Å². The van der Waals surface area contributed by atoms with Gasteiger partial charge in [-0.25, -0.2) is 4.39 Å². The van der Waals surface area contributed by atoms with Crippen LogP contribution in [0.15, 0.2) is 46.9 Å². The number of unbranched alkanes of at least 4 members (excludes halogenated alkanes) is 1. The number of hydrogen-bond acceptors (Lipinski definition) is 7. The summed E-state index contributed by atoms with van der Waals surface area (Å²) < 4.78 is 24.8. The molecular weight excluding hydrogens is 449 g/mol. The fourth-order valence-electron chi connectivity index (χ4n) is 3.49. The Labute approximate surface area is 196 Å². The van der Waals surface area contributed by atoms with Gasteiger partial charge in [-0.3, -0.25) is 9.69 Å². The monoisotopic (exact) mass is 473 g/mol. The number of nitrogens with one attached hydrogen (secondary N) is 2. The lowest BCUT2D eigenvalue weighted by atomic mass is 10.1. The molecule has 0 aliphatic carbocycles. The van der Waals surface area contributed by atoms with E-state index in [0.29, 0.717) is 22.3 Å². The predicted molar refractivity (Wildman–Crippen MR) is 124 cm³/mol. The number of halogens is 2. The van der Waals surface area contributed by atoms with Gasteiger partial charge in [-0.1, -0.05) is 28.8 Å². The number of nitrogens with zero attached hydrogens (tertiary/aromatic N) is 3. The maximum absolute atomic E-state index is 13.8. The van der Waals surface area contributed by atoms with E-state index >= 15 is 0 Å². The molecule has 0 bridgehead atoms. The van der Waals surface area contributed by atoms with Gasteiger partial charge in [-0.15, -0.1) is 5.10 Å². The standard InChI is InChI=1S/C23H25ClFN5O3/c24-19-15-16(27-21(31)18-5-1-2-6-20(18)25)7-8-17(19)22-28-29-23(33-22)26-9-3-4-10-30-11-13-32-14-12-30/h1-2,5-8,15H,3-4,9-14H2,(H,26,29)(H,27,31). The summed E-state index contributed by atoms with van der Waals surface area (Å²) in [7, 11) is 0. The first-order valence-corrected chi connectivity index (χ1v) is 11.2. The fourth-order valence-corrected chi connectivity index (χ4v) is 3.76. The van der Waals surface area contributed by atoms with E-state index in [9.17, 15) is 9.18 Å². The van der Waals surface area contributed by atoms with Crippen molar-refractivity contribution < 1.29 is 18.3 Å². The van der Waals surface area contributed by atoms with Gasteiger partial charge >= 0.3 is 6.01 Å². The van der Waals surface area contributed by atoms with Gasteiger partial charge in [0.1, 0.15) is 5.82 Å². The van der Waals surface area contributed by atoms with E-state index in [1.807, 2.05) is 0 Å². The maximum Gasteiger partial charge on any atom is 0.315 e. The molecule has 1 saturated heterocycles. The summed E-state index contributed by atoms with van der Waals surface area (Å²) in [5, 5.41) is 14.2. The van der Waals surface area contributed by atoms with E-state index in [2.05, 4.69) is 25.7 Å². The van der Waals surface area contributed by atoms with Crippen molar-refractivity contribution in [2.75, 3.05) is 50.0 Å². The summed E-state index contributed by atoms with van der Waals surface area (Å²) in [6.45, 7) is 5.38. The molecule has 1 fully saturated rings. The number of carbonyl (C=O) groups excluding carboxylic acids is 1. The lowest BCUT2D eigenvalue weighted by Crippen LogP contribution is -2.36. The number of rotatable bonds is 9. The van der Waals surface area contributed by atoms with Crippen molar-refractivity contribution in [1.82, 2.24) is 15.1 Å². The molecule has 1 aromatic heterocycles. The van der Waals surface area contributed by atoms with E-state index in [4.69, 9.17) is 20.8 Å². The van der Waals surface area contributed by atoms with Crippen LogP contribution in [-0.2, 0) is 4.74 Å². The minimum atomic E-state index is -0.593. The number of hydrogen-bond donors (Lipinski definition) is 2. The minimum Gasteiger partial charge on any atom is -0.403 e. The van der Waals surface area contributed by atoms with Gasteiger partial charge in [0.05, 0.1) is 29.4 Å². The van der Waals surface area contributed by atoms with Crippen LogP contribution in [0.4, 0.5) is 16.1 Å². The van der Waals surface area contributed by atoms with Crippen LogP contribution in [0.3, 0.4) is 0 Å². The molecule has 174 valence electrons. The van der Waals surface area contributed by atoms with Crippen molar-refractivity contribution in [3.63, 3.8) is 0 Å². The van der Waals surface area contributed by atoms with Crippen molar-refractivity contribution in [3.8, 4) is 11.5 Å². The lowest BCUT2D eigenvalue weighted by Gasteiger charge is -2.26. The second-order valence-corrected chi connectivity index (χ2v) is 8.04. The number of carbonyl (C=O) groups is 1. The third-order valence-electron chi connectivity index (χ3n) is 5.28. The molecular formula is C23H25ClFN5O3. The molecule has 1 aliphatic rings. The Morgan fingerprint density at radius 1 is 1.12 bits per heavy atom. The maximum atomic E-state index is 13.8. The van der Waals surface area contributed by atoms with Gasteiger partial charge in [0.25, 0.3) is 11.8 Å². The summed E-state index contributed by atoms with van der Waals surface area (Å²) in [5.74, 6) is -0.887. The van der Waals surface area contributed by atoms with Crippen molar-refractivity contribution >= 4 is 29.2 Å². The number of ether oxygens (including phenoxy) is 1. The molecule has 0 saturated carbocycles. The Bertz CT molecular complexity index is 1090. The van der Waals surface area contributed by atoms with Gasteiger partial charge in [0, 0.05) is 25.3 Å². The minimum absolute atomic E-state index is 0.0461. The van der Waals surface area contributed by atoms with Crippen LogP contribution < -0.4 is 10.6 Å². The number of morpholine rings is 1. The van der Waals surface area contributed by atoms with E-state index in [-0.39, 0.29) is 11.5 Å². The topological polar surface area (TPSA) is 92.5 Å². The molecule has 1 aliphatic heterocycles. The van der Waals surface area contributed by atoms with Crippen LogP contribution in [-0.4, -0.2) is 60.4 Å². The van der Waals surface area contributed by atoms with E-state index < -0.39 is 11.7 Å². The predicted octanol–water partition coefficient (Wildman–Crippen LogP) is 4.31. The van der Waals surface area contributed by atoms with Crippen molar-refractivity contribution in [2.24, 2.45) is 0 Å². The fraction of sp³-hybridized carbons (Fsp3) is 0.348. The van der Waals surface area contributed by atoms with E-state index in [0.717, 1.165) is 52.2 Å². The zero-order chi connectivity index (χ0) is 23.0. The van der Waals surface area contributed by atoms with Crippen molar-refractivity contribution in [3.05, 3.63) is 58.9 Å². The van der Waals surface area contributed by atoms with Crippen LogP contribution in [0.25, 0.3) is 11.5 Å². The third-order valence-corrected chi connectivity index (χ3v) is 5.59. The van der Waals surface area contributed by atoms with Gasteiger partial charge in [-0.2, -0.15) is 0 Å². The molecule has 2 N–H and O–H groups in total. The number of benzene rings is 2. The van der Waals surface area contributed by atoms with Gasteiger partial charge in [0.15, 0.2) is 0 Å². The van der Waals surface area contributed by atoms with E-state index in [1.54, 1.807) is 24.3 Å². The lowest BCUT2D eigenvalue weighted by molar-refractivity contribution is 0.0373. The van der Waals surface area contributed by atoms with E-state index in [1.165, 1.54) is 18.2 Å². The average Bonchev–Trinajstić information content (AvgIpc) is 3.28. The molecule has 0 atom stereocenters. The highest BCUT2D eigenvalue weighted by Gasteiger charge is 2.15. The molecule has 2 aromatic carbocycles. The Kier molecular flexibility index (Phi) is 7.87. The SMILES string of the molecule is O=C(Nc1ccc(-c2nnc(NCCCCN3CCOCC3)o2)c(Cl)c1)c1ccccc1F. The summed E-state index contributed by atoms with van der Waals surface area (Å²) in [4.78, 5) is 14.7. The largest absolute Gasteiger partial charge is 0.403 e. The third kappa shape index (κ3) is 6.28. The molecule has 8 nitrogen and oxygen atoms in total. The second kappa shape index (κ2) is 11.2. The summed E-state index contributed by atoms with van der Waals surface area (Å²) in [6.07, 6.45) is 2.05. The zero-order valence-corrected chi connectivity index (χ0v) is 18.8. The molecule has 1 amide bonds. The first kappa shape index (κ1) is 23.2. The van der Waals surface area contributed by atoms with Crippen LogP contribution in [0.2, 0.25) is 5.02 Å². The van der Waals surface area contributed by atoms with Crippen LogP contribution in [0.1, 0.15) is 23.2 Å². The van der Waals surface area contributed by atoms with Crippen molar-refractivity contribution in [1.29, 1.82) is 0 Å². The summed E-state index contributed by atoms with van der Waals surface area (Å²) >= 11 is 6.37. The van der Waals surface area contributed by atoms with Gasteiger partial charge in [-0.05, 0) is 49.7 Å². The van der Waals surface area contributed by atoms with Gasteiger partial charge < -0.3 is 19.8 Å². The summed E-state index contributed by atoms with van der Waals surface area (Å²) in [6, 6.07) is 11.0. The molecule has 2 heterocycles. The normalized spacial score (nSPS) is 14.2. The first-order valence-electron chi connectivity index (χ1n) is 10.8. The number of anilines is 2. The average molecular weight is 474 g/mol. The second-order valence-electron chi connectivity index (χ2n) is 7.63. The van der Waals surface area contributed by atoms with Crippen LogP contribution in [0, 0.1) is 5.82 Å². The molecule has 10 heteroatoms. The quantitative estimate of drug-likeness (QED) is 0.447. The Morgan fingerprint density at radius 2 is 1.94 bits per heavy atom.